The molecule has 0 aliphatic rings. The monoisotopic (exact) mass is 416 g/mol. The number of sulfonamides is 1. The van der Waals surface area contributed by atoms with Gasteiger partial charge >= 0.3 is 0 Å². The molecule has 1 heterocycles. The Morgan fingerprint density at radius 2 is 1.69 bits per heavy atom. The predicted molar refractivity (Wildman–Crippen MR) is 107 cm³/mol. The number of amides is 1. The number of hydrogen-bond acceptors (Lipinski definition) is 4. The van der Waals surface area contributed by atoms with Crippen LogP contribution >= 0.6 is 0 Å². The Bertz CT molecular complexity index is 1070. The highest BCUT2D eigenvalue weighted by atomic mass is 32.2. The molecule has 1 aromatic heterocycles. The first-order valence-corrected chi connectivity index (χ1v) is 10.5. The van der Waals surface area contributed by atoms with Crippen LogP contribution < -0.4 is 10.0 Å². The van der Waals surface area contributed by atoms with Crippen LogP contribution in [0.5, 0.6) is 0 Å². The lowest BCUT2D eigenvalue weighted by Crippen LogP contribution is -2.30. The summed E-state index contributed by atoms with van der Waals surface area (Å²) in [6, 6.07) is 15.8. The number of nitrogens with one attached hydrogen (secondary N) is 2. The molecular weight excluding hydrogens is 395 g/mol. The molecule has 2 aromatic carbocycles. The molecule has 0 atom stereocenters. The molecule has 29 heavy (non-hydrogen) atoms. The van der Waals surface area contributed by atoms with E-state index in [1.54, 1.807) is 36.4 Å². The molecule has 0 spiro atoms. The smallest absolute Gasteiger partial charge is 0.240 e. The fourth-order valence-electron chi connectivity index (χ4n) is 2.62. The molecule has 6 nitrogen and oxygen atoms in total. The summed E-state index contributed by atoms with van der Waals surface area (Å²) in [7, 11) is -3.65. The van der Waals surface area contributed by atoms with Gasteiger partial charge in [0.1, 0.15) is 17.3 Å². The molecule has 2 N–H and O–H groups in total. The van der Waals surface area contributed by atoms with Gasteiger partial charge in [0.05, 0.1) is 11.4 Å². The molecule has 8 heteroatoms. The molecule has 3 aromatic rings. The Hall–Kier alpha value is -2.97. The van der Waals surface area contributed by atoms with Gasteiger partial charge in [0, 0.05) is 18.5 Å². The summed E-state index contributed by atoms with van der Waals surface area (Å²) < 4.78 is 45.4. The predicted octanol–water partition coefficient (Wildman–Crippen LogP) is 3.38. The zero-order valence-electron chi connectivity index (χ0n) is 15.8. The summed E-state index contributed by atoms with van der Waals surface area (Å²) in [5.41, 5.74) is 1.69. The van der Waals surface area contributed by atoms with E-state index in [9.17, 15) is 17.6 Å². The van der Waals surface area contributed by atoms with Crippen molar-refractivity contribution in [2.45, 2.75) is 24.8 Å². The zero-order valence-corrected chi connectivity index (χ0v) is 16.6. The van der Waals surface area contributed by atoms with E-state index in [-0.39, 0.29) is 36.1 Å². The van der Waals surface area contributed by atoms with E-state index in [1.807, 2.05) is 6.92 Å². The molecule has 0 saturated heterocycles. The van der Waals surface area contributed by atoms with Crippen LogP contribution in [0.3, 0.4) is 0 Å². The Morgan fingerprint density at radius 1 is 1.00 bits per heavy atom. The standard InChI is InChI=1S/C21H21FN2O4S/c1-15-2-9-19(10-3-15)29(26,27)24-13-12-21(25)23-14-18-8-11-20(28-18)16-4-6-17(22)7-5-16/h2-11,24H,12-14H2,1H3,(H,23,25). The van der Waals surface area contributed by atoms with Crippen molar-refractivity contribution in [3.8, 4) is 11.3 Å². The lowest BCUT2D eigenvalue weighted by molar-refractivity contribution is -0.121. The van der Waals surface area contributed by atoms with E-state index in [0.29, 0.717) is 11.5 Å². The van der Waals surface area contributed by atoms with E-state index in [1.165, 1.54) is 24.3 Å². The second-order valence-electron chi connectivity index (χ2n) is 6.51. The van der Waals surface area contributed by atoms with Crippen molar-refractivity contribution in [1.82, 2.24) is 10.0 Å². The summed E-state index contributed by atoms with van der Waals surface area (Å²) in [6.45, 7) is 2.03. The number of halogens is 1. The van der Waals surface area contributed by atoms with Crippen LogP contribution in [-0.4, -0.2) is 20.9 Å². The van der Waals surface area contributed by atoms with Crippen molar-refractivity contribution in [1.29, 1.82) is 0 Å². The molecule has 1 amide bonds. The summed E-state index contributed by atoms with van der Waals surface area (Å²) in [5, 5.41) is 2.68. The molecule has 0 unspecified atom stereocenters. The molecule has 0 aliphatic carbocycles. The van der Waals surface area contributed by atoms with E-state index >= 15 is 0 Å². The van der Waals surface area contributed by atoms with Gasteiger partial charge in [-0.2, -0.15) is 0 Å². The first-order chi connectivity index (χ1) is 13.8. The van der Waals surface area contributed by atoms with Crippen LogP contribution in [-0.2, 0) is 21.4 Å². The van der Waals surface area contributed by atoms with Gasteiger partial charge in [-0.25, -0.2) is 17.5 Å². The Morgan fingerprint density at radius 3 is 2.38 bits per heavy atom. The summed E-state index contributed by atoms with van der Waals surface area (Å²) in [4.78, 5) is 12.1. The maximum Gasteiger partial charge on any atom is 0.240 e. The fourth-order valence-corrected chi connectivity index (χ4v) is 3.65. The largest absolute Gasteiger partial charge is 0.459 e. The minimum absolute atomic E-state index is 0.00335. The highest BCUT2D eigenvalue weighted by molar-refractivity contribution is 7.89. The maximum atomic E-state index is 13.0. The van der Waals surface area contributed by atoms with Crippen LogP contribution in [0.15, 0.2) is 70.0 Å². The van der Waals surface area contributed by atoms with Crippen LogP contribution in [0.25, 0.3) is 11.3 Å². The molecule has 0 bridgehead atoms. The van der Waals surface area contributed by atoms with Crippen LogP contribution in [0.4, 0.5) is 4.39 Å². The number of furan rings is 1. The average Bonchev–Trinajstić information content (AvgIpc) is 3.16. The third-order valence-electron chi connectivity index (χ3n) is 4.23. The number of carbonyl (C=O) groups is 1. The van der Waals surface area contributed by atoms with Crippen LogP contribution in [0.1, 0.15) is 17.7 Å². The SMILES string of the molecule is Cc1ccc(S(=O)(=O)NCCC(=O)NCc2ccc(-c3ccc(F)cc3)o2)cc1. The third-order valence-corrected chi connectivity index (χ3v) is 5.70. The average molecular weight is 416 g/mol. The summed E-state index contributed by atoms with van der Waals surface area (Å²) >= 11 is 0. The molecule has 0 fully saturated rings. The van der Waals surface area contributed by atoms with Gasteiger partial charge in [-0.3, -0.25) is 4.79 Å². The minimum atomic E-state index is -3.65. The molecule has 152 valence electrons. The molecule has 0 saturated carbocycles. The lowest BCUT2D eigenvalue weighted by Gasteiger charge is -2.07. The van der Waals surface area contributed by atoms with E-state index < -0.39 is 10.0 Å². The van der Waals surface area contributed by atoms with Crippen LogP contribution in [0, 0.1) is 12.7 Å². The quantitative estimate of drug-likeness (QED) is 0.589. The molecule has 0 aliphatic heterocycles. The van der Waals surface area contributed by atoms with E-state index in [4.69, 9.17) is 4.42 Å². The van der Waals surface area contributed by atoms with Gasteiger partial charge in [0.2, 0.25) is 15.9 Å². The lowest BCUT2D eigenvalue weighted by atomic mass is 10.2. The summed E-state index contributed by atoms with van der Waals surface area (Å²) in [5.74, 6) is 0.472. The van der Waals surface area contributed by atoms with Crippen LogP contribution in [0.2, 0.25) is 0 Å². The van der Waals surface area contributed by atoms with Crippen molar-refractivity contribution in [3.05, 3.63) is 77.8 Å². The van der Waals surface area contributed by atoms with Crippen molar-refractivity contribution in [3.63, 3.8) is 0 Å². The zero-order chi connectivity index (χ0) is 20.9. The Labute approximate surface area is 168 Å². The van der Waals surface area contributed by atoms with Gasteiger partial charge in [-0.1, -0.05) is 17.7 Å². The normalized spacial score (nSPS) is 11.4. The molecular formula is C21H21FN2O4S. The maximum absolute atomic E-state index is 13.0. The van der Waals surface area contributed by atoms with E-state index in [0.717, 1.165) is 11.1 Å². The number of benzene rings is 2. The van der Waals surface area contributed by atoms with Gasteiger partial charge < -0.3 is 9.73 Å². The van der Waals surface area contributed by atoms with Crippen molar-refractivity contribution >= 4 is 15.9 Å². The first kappa shape index (κ1) is 20.8. The van der Waals surface area contributed by atoms with Gasteiger partial charge in [-0.15, -0.1) is 0 Å². The van der Waals surface area contributed by atoms with Crippen molar-refractivity contribution in [2.75, 3.05) is 6.54 Å². The number of rotatable bonds is 8. The highest BCUT2D eigenvalue weighted by Crippen LogP contribution is 2.22. The molecule has 3 rings (SSSR count). The van der Waals surface area contributed by atoms with Gasteiger partial charge in [-0.05, 0) is 55.5 Å². The minimum Gasteiger partial charge on any atom is -0.459 e. The Balaban J connectivity index is 1.45. The second kappa shape index (κ2) is 9.02. The fraction of sp³-hybridized carbons (Fsp3) is 0.190. The van der Waals surface area contributed by atoms with E-state index in [2.05, 4.69) is 10.0 Å². The topological polar surface area (TPSA) is 88.4 Å². The second-order valence-corrected chi connectivity index (χ2v) is 8.28. The van der Waals surface area contributed by atoms with Gasteiger partial charge in [0.15, 0.2) is 0 Å². The first-order valence-electron chi connectivity index (χ1n) is 9.01. The summed E-state index contributed by atoms with van der Waals surface area (Å²) in [6.07, 6.45) is -0.00335. The Kier molecular flexibility index (Phi) is 6.46. The van der Waals surface area contributed by atoms with Gasteiger partial charge in [0.25, 0.3) is 0 Å². The number of carbonyl (C=O) groups excluding carboxylic acids is 1. The molecule has 0 radical (unpaired) electrons. The number of hydrogen-bond donors (Lipinski definition) is 2. The van der Waals surface area contributed by atoms with Crippen molar-refractivity contribution in [2.24, 2.45) is 0 Å². The highest BCUT2D eigenvalue weighted by Gasteiger charge is 2.14. The number of aryl methyl sites for hydroxylation is 1. The third kappa shape index (κ3) is 5.75. The van der Waals surface area contributed by atoms with Crippen molar-refractivity contribution < 1.29 is 22.0 Å².